The van der Waals surface area contributed by atoms with Gasteiger partial charge in [0.05, 0.1) is 6.54 Å². The Kier molecular flexibility index (Phi) is 3.75. The van der Waals surface area contributed by atoms with E-state index in [0.29, 0.717) is 12.3 Å². The number of aryl methyl sites for hydroxylation is 1. The summed E-state index contributed by atoms with van der Waals surface area (Å²) in [5, 5.41) is 7.25. The summed E-state index contributed by atoms with van der Waals surface area (Å²) < 4.78 is 13.1. The Morgan fingerprint density at radius 2 is 2.21 bits per heavy atom. The molecule has 0 fully saturated rings. The Hall–Kier alpha value is -1.24. The van der Waals surface area contributed by atoms with Gasteiger partial charge in [-0.2, -0.15) is 9.36 Å². The smallest absolute Gasteiger partial charge is 0.260 e. The molecule has 14 heavy (non-hydrogen) atoms. The van der Waals surface area contributed by atoms with Crippen LogP contribution in [-0.2, 0) is 17.3 Å². The van der Waals surface area contributed by atoms with Crippen LogP contribution in [0.1, 0.15) is 6.92 Å². The maximum absolute atomic E-state index is 11.4. The first-order valence-corrected chi connectivity index (χ1v) is 5.83. The van der Waals surface area contributed by atoms with Gasteiger partial charge in [0.2, 0.25) is 0 Å². The molecule has 0 aliphatic rings. The lowest BCUT2D eigenvalue weighted by Gasteiger charge is -1.93. The molecule has 6 nitrogen and oxygen atoms in total. The SMILES string of the molecule is C/C=C/n1nnn(CCS(C)=O)c1=O. The van der Waals surface area contributed by atoms with Gasteiger partial charge in [0.1, 0.15) is 0 Å². The standard InChI is InChI=1S/C7H12N4O2S/c1-3-4-10-7(12)11(9-8-10)5-6-14(2)13/h3-4H,5-6H2,1-2H3/b4-3+. The third-order valence-corrected chi connectivity index (χ3v) is 2.30. The number of aromatic nitrogens is 4. The average molecular weight is 216 g/mol. The normalized spacial score (nSPS) is 13.6. The van der Waals surface area contributed by atoms with E-state index in [9.17, 15) is 9.00 Å². The minimum Gasteiger partial charge on any atom is -0.260 e. The van der Waals surface area contributed by atoms with Gasteiger partial charge < -0.3 is 0 Å². The van der Waals surface area contributed by atoms with Crippen LogP contribution in [0.2, 0.25) is 0 Å². The molecule has 0 spiro atoms. The van der Waals surface area contributed by atoms with E-state index in [4.69, 9.17) is 0 Å². The van der Waals surface area contributed by atoms with E-state index in [0.717, 1.165) is 4.68 Å². The van der Waals surface area contributed by atoms with Gasteiger partial charge in [0.25, 0.3) is 0 Å². The summed E-state index contributed by atoms with van der Waals surface area (Å²) >= 11 is 0. The first kappa shape index (κ1) is 10.8. The summed E-state index contributed by atoms with van der Waals surface area (Å²) in [6, 6.07) is 0. The molecule has 0 N–H and O–H groups in total. The van der Waals surface area contributed by atoms with Crippen molar-refractivity contribution < 1.29 is 4.21 Å². The molecule has 0 saturated carbocycles. The van der Waals surface area contributed by atoms with Crippen molar-refractivity contribution >= 4 is 17.0 Å². The van der Waals surface area contributed by atoms with Crippen molar-refractivity contribution in [3.63, 3.8) is 0 Å². The van der Waals surface area contributed by atoms with Crippen molar-refractivity contribution in [2.75, 3.05) is 12.0 Å². The zero-order valence-electron chi connectivity index (χ0n) is 8.08. The van der Waals surface area contributed by atoms with Crippen molar-refractivity contribution in [2.24, 2.45) is 0 Å². The van der Waals surface area contributed by atoms with Crippen LogP contribution in [0, 0.1) is 0 Å². The predicted octanol–water partition coefficient (Wildman–Crippen LogP) is -0.691. The van der Waals surface area contributed by atoms with Gasteiger partial charge >= 0.3 is 5.69 Å². The van der Waals surface area contributed by atoms with Gasteiger partial charge in [0.15, 0.2) is 0 Å². The van der Waals surface area contributed by atoms with E-state index in [1.807, 2.05) is 0 Å². The molecule has 7 heteroatoms. The topological polar surface area (TPSA) is 69.8 Å². The summed E-state index contributed by atoms with van der Waals surface area (Å²) in [7, 11) is -0.924. The molecule has 0 aromatic carbocycles. The van der Waals surface area contributed by atoms with Gasteiger partial charge in [-0.15, -0.1) is 0 Å². The minimum atomic E-state index is -0.924. The molecule has 1 rings (SSSR count). The number of hydrogen-bond donors (Lipinski definition) is 0. The number of rotatable bonds is 4. The van der Waals surface area contributed by atoms with Crippen LogP contribution in [0.4, 0.5) is 0 Å². The molecular formula is C7H12N4O2S. The van der Waals surface area contributed by atoms with Gasteiger partial charge in [-0.05, 0) is 17.4 Å². The molecule has 1 heterocycles. The third-order valence-electron chi connectivity index (χ3n) is 1.54. The maximum atomic E-state index is 11.4. The molecule has 0 aliphatic heterocycles. The van der Waals surface area contributed by atoms with Crippen molar-refractivity contribution in [1.29, 1.82) is 0 Å². The van der Waals surface area contributed by atoms with Crippen LogP contribution < -0.4 is 5.69 Å². The average Bonchev–Trinajstić information content (AvgIpc) is 2.46. The lowest BCUT2D eigenvalue weighted by molar-refractivity contribution is 0.607. The molecule has 0 saturated heterocycles. The summed E-state index contributed by atoms with van der Waals surface area (Å²) in [6.45, 7) is 2.12. The second-order valence-corrected chi connectivity index (χ2v) is 4.24. The van der Waals surface area contributed by atoms with Gasteiger partial charge in [-0.1, -0.05) is 6.08 Å². The fraction of sp³-hybridized carbons (Fsp3) is 0.571. The minimum absolute atomic E-state index is 0.312. The first-order valence-electron chi connectivity index (χ1n) is 4.10. The first-order chi connectivity index (χ1) is 6.65. The van der Waals surface area contributed by atoms with Crippen molar-refractivity contribution in [3.8, 4) is 0 Å². The van der Waals surface area contributed by atoms with Gasteiger partial charge in [-0.3, -0.25) is 4.21 Å². The second-order valence-electron chi connectivity index (χ2n) is 2.69. The second kappa shape index (κ2) is 4.85. The summed E-state index contributed by atoms with van der Waals surface area (Å²) in [6.07, 6.45) is 4.80. The molecule has 1 aromatic heterocycles. The molecule has 0 bridgehead atoms. The highest BCUT2D eigenvalue weighted by Crippen LogP contribution is 1.81. The van der Waals surface area contributed by atoms with Crippen LogP contribution in [0.15, 0.2) is 10.9 Å². The van der Waals surface area contributed by atoms with E-state index in [-0.39, 0.29) is 5.69 Å². The van der Waals surface area contributed by atoms with Crippen LogP contribution in [0.5, 0.6) is 0 Å². The highest BCUT2D eigenvalue weighted by molar-refractivity contribution is 7.84. The van der Waals surface area contributed by atoms with Crippen LogP contribution in [0.25, 0.3) is 6.20 Å². The monoisotopic (exact) mass is 216 g/mol. The molecule has 0 amide bonds. The quantitative estimate of drug-likeness (QED) is 0.668. The Morgan fingerprint density at radius 1 is 1.50 bits per heavy atom. The van der Waals surface area contributed by atoms with E-state index in [1.54, 1.807) is 19.3 Å². The molecule has 1 unspecified atom stereocenters. The summed E-state index contributed by atoms with van der Waals surface area (Å²) in [5.41, 5.74) is -0.312. The predicted molar refractivity (Wildman–Crippen MR) is 54.2 cm³/mol. The van der Waals surface area contributed by atoms with Crippen molar-refractivity contribution in [3.05, 3.63) is 16.6 Å². The zero-order valence-corrected chi connectivity index (χ0v) is 8.90. The summed E-state index contributed by atoms with van der Waals surface area (Å²) in [4.78, 5) is 11.4. The molecular weight excluding hydrogens is 204 g/mol. The van der Waals surface area contributed by atoms with Crippen LogP contribution >= 0.6 is 0 Å². The van der Waals surface area contributed by atoms with Crippen molar-refractivity contribution in [1.82, 2.24) is 19.8 Å². The lowest BCUT2D eigenvalue weighted by atomic mass is 10.7. The number of allylic oxidation sites excluding steroid dienone is 1. The third kappa shape index (κ3) is 2.63. The highest BCUT2D eigenvalue weighted by atomic mass is 32.2. The number of nitrogens with zero attached hydrogens (tertiary/aromatic N) is 4. The number of hydrogen-bond acceptors (Lipinski definition) is 4. The number of tetrazole rings is 1. The van der Waals surface area contributed by atoms with Crippen LogP contribution in [0.3, 0.4) is 0 Å². The van der Waals surface area contributed by atoms with E-state index in [2.05, 4.69) is 10.4 Å². The Labute approximate surface area is 83.7 Å². The van der Waals surface area contributed by atoms with Crippen LogP contribution in [-0.4, -0.2) is 36.0 Å². The van der Waals surface area contributed by atoms with E-state index < -0.39 is 10.8 Å². The van der Waals surface area contributed by atoms with E-state index >= 15 is 0 Å². The maximum Gasteiger partial charge on any atom is 0.367 e. The zero-order chi connectivity index (χ0) is 10.6. The fourth-order valence-electron chi connectivity index (χ4n) is 0.876. The molecule has 1 aromatic rings. The molecule has 0 radical (unpaired) electrons. The lowest BCUT2D eigenvalue weighted by Crippen LogP contribution is -2.24. The largest absolute Gasteiger partial charge is 0.367 e. The highest BCUT2D eigenvalue weighted by Gasteiger charge is 2.03. The van der Waals surface area contributed by atoms with E-state index in [1.165, 1.54) is 10.9 Å². The molecule has 0 aliphatic carbocycles. The molecule has 78 valence electrons. The Morgan fingerprint density at radius 3 is 2.79 bits per heavy atom. The van der Waals surface area contributed by atoms with Gasteiger partial charge in [0, 0.05) is 29.0 Å². The molecule has 1 atom stereocenters. The Balaban J connectivity index is 2.80. The fourth-order valence-corrected chi connectivity index (χ4v) is 1.31. The van der Waals surface area contributed by atoms with Crippen molar-refractivity contribution in [2.45, 2.75) is 13.5 Å². The summed E-state index contributed by atoms with van der Waals surface area (Å²) in [5.74, 6) is 0.411. The van der Waals surface area contributed by atoms with Gasteiger partial charge in [-0.25, -0.2) is 4.79 Å². The Bertz CT molecular complexity index is 406.